The van der Waals surface area contributed by atoms with Gasteiger partial charge in [-0.3, -0.25) is 0 Å². The Bertz CT molecular complexity index is 1450. The summed E-state index contributed by atoms with van der Waals surface area (Å²) < 4.78 is 2.35. The van der Waals surface area contributed by atoms with Gasteiger partial charge in [-0.05, 0) is 17.5 Å². The van der Waals surface area contributed by atoms with Crippen molar-refractivity contribution in [2.45, 2.75) is 35.5 Å². The molecule has 166 valence electrons. The van der Waals surface area contributed by atoms with Crippen molar-refractivity contribution in [1.29, 1.82) is 0 Å². The molecular weight excluding hydrogens is 489 g/mol. The molecule has 33 heavy (non-hydrogen) atoms. The molecule has 5 nitrogen and oxygen atoms in total. The third kappa shape index (κ3) is 3.75. The van der Waals surface area contributed by atoms with Gasteiger partial charge < -0.3 is 0 Å². The Labute approximate surface area is 202 Å². The monoisotopic (exact) mass is 515 g/mol. The number of pyridine rings is 1. The van der Waals surface area contributed by atoms with Gasteiger partial charge in [-0.2, -0.15) is 0 Å². The first-order chi connectivity index (χ1) is 16.1. The second-order valence-electron chi connectivity index (χ2n) is 9.24. The molecule has 0 unspecified atom stereocenters. The molecule has 0 spiro atoms. The van der Waals surface area contributed by atoms with Gasteiger partial charge in [-0.25, -0.2) is 0 Å². The van der Waals surface area contributed by atoms with Crippen molar-refractivity contribution >= 4 is 53.7 Å². The van der Waals surface area contributed by atoms with Gasteiger partial charge in [0.1, 0.15) is 0 Å². The maximum atomic E-state index is 6.39. The van der Waals surface area contributed by atoms with Crippen LogP contribution in [0.5, 0.6) is 0 Å². The number of nitrogens with two attached hydrogens (primary N) is 1. The third-order valence-electron chi connectivity index (χ3n) is 6.64. The van der Waals surface area contributed by atoms with E-state index in [0.717, 1.165) is 44.7 Å². The summed E-state index contributed by atoms with van der Waals surface area (Å²) in [5.74, 6) is 1.41. The molecule has 0 saturated heterocycles. The van der Waals surface area contributed by atoms with Crippen LogP contribution in [0, 0.1) is 5.92 Å². The number of anilines is 1. The number of benzene rings is 1. The van der Waals surface area contributed by atoms with E-state index >= 15 is 0 Å². The Kier molecular flexibility index (Phi) is 5.23. The van der Waals surface area contributed by atoms with E-state index in [2.05, 4.69) is 80.0 Å². The number of fused-ring (bicyclic) bond motifs is 2. The number of hydrogen-bond acceptors (Lipinski definition) is 5. The molecule has 0 atom stereocenters. The zero-order valence-electron chi connectivity index (χ0n) is 18.8. The van der Waals surface area contributed by atoms with Crippen LogP contribution in [0.2, 0.25) is 16.6 Å². The Balaban J connectivity index is 1.43. The second kappa shape index (κ2) is 8.26. The summed E-state index contributed by atoms with van der Waals surface area (Å²) in [6.07, 6.45) is 6.31. The Morgan fingerprint density at radius 3 is 2.76 bits per heavy atom. The molecule has 7 heteroatoms. The van der Waals surface area contributed by atoms with Gasteiger partial charge in [0.15, 0.2) is 0 Å². The Morgan fingerprint density at radius 1 is 1.12 bits per heavy atom. The summed E-state index contributed by atoms with van der Waals surface area (Å²) in [6, 6.07) is 15.4. The standard InChI is InChI=1S/C26H26AsN5S/c1-27(2)13-16-10-19(11-16)32-14-20(24-25(28)29-15-30-26(24)32)18-6-5-17-7-8-21(31-22(17)12-18)23-4-3-9-33-23/h3-9,12,14-16,19H,10-11,13H2,1-2H3,(H2,28,29,30). The van der Waals surface area contributed by atoms with Crippen LogP contribution in [-0.2, 0) is 0 Å². The summed E-state index contributed by atoms with van der Waals surface area (Å²) in [5, 5.41) is 5.61. The molecule has 0 bridgehead atoms. The molecule has 0 amide bonds. The third-order valence-corrected chi connectivity index (χ3v) is 10.2. The molecular formula is C26H26AsN5S. The van der Waals surface area contributed by atoms with Gasteiger partial charge in [0.25, 0.3) is 0 Å². The van der Waals surface area contributed by atoms with Crippen LogP contribution in [-0.4, -0.2) is 34.2 Å². The van der Waals surface area contributed by atoms with Gasteiger partial charge in [0, 0.05) is 0 Å². The van der Waals surface area contributed by atoms with Gasteiger partial charge in [0.05, 0.1) is 4.88 Å². The van der Waals surface area contributed by atoms with Gasteiger partial charge >= 0.3 is 163 Å². The van der Waals surface area contributed by atoms with Crippen LogP contribution in [0.1, 0.15) is 18.9 Å². The van der Waals surface area contributed by atoms with Crippen molar-refractivity contribution in [3.05, 3.63) is 60.4 Å². The number of aromatic nitrogens is 4. The van der Waals surface area contributed by atoms with Crippen LogP contribution >= 0.6 is 11.3 Å². The van der Waals surface area contributed by atoms with Crippen molar-refractivity contribution in [3.8, 4) is 21.7 Å². The molecule has 1 saturated carbocycles. The quantitative estimate of drug-likeness (QED) is 0.266. The van der Waals surface area contributed by atoms with E-state index in [1.807, 2.05) is 0 Å². The predicted molar refractivity (Wildman–Crippen MR) is 140 cm³/mol. The van der Waals surface area contributed by atoms with E-state index in [0.29, 0.717) is 11.9 Å². The average molecular weight is 516 g/mol. The maximum absolute atomic E-state index is 6.39. The summed E-state index contributed by atoms with van der Waals surface area (Å²) >= 11 is 1.12. The van der Waals surface area contributed by atoms with E-state index in [1.165, 1.54) is 22.9 Å². The first-order valence-electron chi connectivity index (χ1n) is 11.3. The van der Waals surface area contributed by atoms with Gasteiger partial charge in [-0.1, -0.05) is 6.07 Å². The van der Waals surface area contributed by atoms with Crippen molar-refractivity contribution < 1.29 is 0 Å². The number of rotatable bonds is 5. The topological polar surface area (TPSA) is 69.6 Å². The molecule has 1 aliphatic rings. The Morgan fingerprint density at radius 2 is 1.97 bits per heavy atom. The predicted octanol–water partition coefficient (Wildman–Crippen LogP) is 6.66. The van der Waals surface area contributed by atoms with Crippen molar-refractivity contribution in [3.63, 3.8) is 0 Å². The fourth-order valence-electron chi connectivity index (χ4n) is 5.04. The van der Waals surface area contributed by atoms with Crippen molar-refractivity contribution in [2.75, 3.05) is 5.73 Å². The van der Waals surface area contributed by atoms with E-state index in [4.69, 9.17) is 10.7 Å². The molecule has 1 aromatic carbocycles. The second-order valence-corrected chi connectivity index (χ2v) is 15.5. The fourth-order valence-corrected chi connectivity index (χ4v) is 8.53. The first kappa shape index (κ1) is 20.9. The summed E-state index contributed by atoms with van der Waals surface area (Å²) in [5.41, 5.74) is 16.4. The van der Waals surface area contributed by atoms with Crippen molar-refractivity contribution in [2.24, 2.45) is 5.92 Å². The minimum atomic E-state index is -0.589. The number of nitrogens with zero attached hydrogens (tertiary/aromatic N) is 4. The van der Waals surface area contributed by atoms with E-state index in [1.54, 1.807) is 17.7 Å². The molecule has 4 aromatic heterocycles. The minimum absolute atomic E-state index is 0.499. The van der Waals surface area contributed by atoms with E-state index < -0.39 is 14.7 Å². The van der Waals surface area contributed by atoms with Crippen molar-refractivity contribution in [1.82, 2.24) is 19.5 Å². The summed E-state index contributed by atoms with van der Waals surface area (Å²) in [6.45, 7) is 0. The summed E-state index contributed by atoms with van der Waals surface area (Å²) in [7, 11) is 0. The van der Waals surface area contributed by atoms with E-state index in [-0.39, 0.29) is 0 Å². The normalized spacial score (nSPS) is 18.3. The molecule has 1 aliphatic carbocycles. The molecule has 5 aromatic rings. The van der Waals surface area contributed by atoms with Crippen LogP contribution in [0.25, 0.3) is 43.6 Å². The van der Waals surface area contributed by atoms with Gasteiger partial charge in [-0.15, -0.1) is 11.3 Å². The zero-order chi connectivity index (χ0) is 22.5. The summed E-state index contributed by atoms with van der Waals surface area (Å²) in [4.78, 5) is 15.1. The van der Waals surface area contributed by atoms with E-state index in [9.17, 15) is 0 Å². The van der Waals surface area contributed by atoms with Crippen LogP contribution in [0.3, 0.4) is 0 Å². The molecule has 0 radical (unpaired) electrons. The molecule has 1 fully saturated rings. The Hall–Kier alpha value is -2.69. The van der Waals surface area contributed by atoms with Crippen LogP contribution in [0.15, 0.2) is 60.4 Å². The molecule has 2 N–H and O–H groups in total. The SMILES string of the molecule is C[As](C)CC1CC(n2cc(-c3ccc4ccc(-c5cccs5)nc4c3)c3c(N)ncnc32)C1. The average Bonchev–Trinajstić information content (AvgIpc) is 3.44. The fraction of sp³-hybridized carbons (Fsp3) is 0.269. The molecule has 0 aliphatic heterocycles. The number of thiophene rings is 1. The first-order valence-corrected chi connectivity index (χ1v) is 17.2. The molecule has 6 rings (SSSR count). The number of nitrogen functional groups attached to an aromatic ring is 1. The number of hydrogen-bond donors (Lipinski definition) is 1. The van der Waals surface area contributed by atoms with Crippen LogP contribution in [0.4, 0.5) is 5.82 Å². The molecule has 4 heterocycles. The van der Waals surface area contributed by atoms with Gasteiger partial charge in [0.2, 0.25) is 0 Å². The van der Waals surface area contributed by atoms with Crippen LogP contribution < -0.4 is 5.73 Å². The zero-order valence-corrected chi connectivity index (χ0v) is 21.5.